The van der Waals surface area contributed by atoms with Crippen LogP contribution in [0.25, 0.3) is 0 Å². The third-order valence-corrected chi connectivity index (χ3v) is 8.27. The fourth-order valence-electron chi connectivity index (χ4n) is 4.53. The molecular weight excluding hydrogens is 634 g/mol. The first-order valence-electron chi connectivity index (χ1n) is 14.4. The highest BCUT2D eigenvalue weighted by atomic mass is 32.2. The molecule has 47 heavy (non-hydrogen) atoms. The lowest BCUT2D eigenvalue weighted by atomic mass is 10.2. The molecule has 2 aliphatic rings. The Hall–Kier alpha value is -5.25. The molecule has 0 aromatic heterocycles. The maximum atomic E-state index is 12.2. The lowest BCUT2D eigenvalue weighted by Gasteiger charge is -2.26. The van der Waals surface area contributed by atoms with Crippen molar-refractivity contribution < 1.29 is 41.4 Å². The van der Waals surface area contributed by atoms with E-state index in [4.69, 9.17) is 23.1 Å². The smallest absolute Gasteiger partial charge is 0.297 e. The van der Waals surface area contributed by atoms with E-state index in [1.807, 2.05) is 37.3 Å². The lowest BCUT2D eigenvalue weighted by Crippen LogP contribution is -2.38. The van der Waals surface area contributed by atoms with E-state index in [2.05, 4.69) is 5.32 Å². The van der Waals surface area contributed by atoms with E-state index in [1.165, 1.54) is 48.0 Å². The van der Waals surface area contributed by atoms with Crippen molar-refractivity contribution in [2.75, 3.05) is 26.4 Å². The summed E-state index contributed by atoms with van der Waals surface area (Å²) in [6, 6.07) is 24.7. The van der Waals surface area contributed by atoms with Gasteiger partial charge in [0.25, 0.3) is 21.5 Å². The number of hydrogen-bond acceptors (Lipinski definition) is 12. The highest BCUT2D eigenvalue weighted by Crippen LogP contribution is 2.36. The first-order chi connectivity index (χ1) is 22.6. The van der Waals surface area contributed by atoms with E-state index >= 15 is 0 Å². The fourth-order valence-corrected chi connectivity index (χ4v) is 5.47. The highest BCUT2D eigenvalue weighted by molar-refractivity contribution is 7.86. The Labute approximate surface area is 270 Å². The SMILES string of the molecule is Cc1ccc(S(=O)(=O)OC[C@H]2COc3ccc([N+](=O)[O-])cc3O2)cc1.O=[N+]([O-])c1ccc2c(c1)O[C@@H](CNCc1ccccc1)CO2. The zero-order valence-corrected chi connectivity index (χ0v) is 26.0. The minimum Gasteiger partial charge on any atom is -0.486 e. The first kappa shape index (κ1) is 33.1. The zero-order chi connectivity index (χ0) is 33.4. The van der Waals surface area contributed by atoms with Crippen molar-refractivity contribution in [3.63, 3.8) is 0 Å². The number of aryl methyl sites for hydroxylation is 1. The highest BCUT2D eigenvalue weighted by Gasteiger charge is 2.27. The third kappa shape index (κ3) is 8.94. The van der Waals surface area contributed by atoms with Gasteiger partial charge in [0, 0.05) is 25.2 Å². The Morgan fingerprint density at radius 3 is 1.89 bits per heavy atom. The van der Waals surface area contributed by atoms with Crippen LogP contribution < -0.4 is 24.3 Å². The van der Waals surface area contributed by atoms with Gasteiger partial charge in [0.15, 0.2) is 29.1 Å². The molecule has 2 atom stereocenters. The number of rotatable bonds is 10. The molecule has 2 heterocycles. The van der Waals surface area contributed by atoms with Crippen LogP contribution >= 0.6 is 0 Å². The molecule has 246 valence electrons. The molecule has 0 fully saturated rings. The second kappa shape index (κ2) is 14.9. The molecule has 0 saturated heterocycles. The molecule has 14 nitrogen and oxygen atoms in total. The number of nitro benzene ring substituents is 2. The van der Waals surface area contributed by atoms with Crippen LogP contribution in [0.1, 0.15) is 11.1 Å². The predicted molar refractivity (Wildman–Crippen MR) is 168 cm³/mol. The maximum Gasteiger partial charge on any atom is 0.297 e. The summed E-state index contributed by atoms with van der Waals surface area (Å²) in [6.45, 7) is 3.43. The largest absolute Gasteiger partial charge is 0.486 e. The van der Waals surface area contributed by atoms with Crippen LogP contribution in [0.5, 0.6) is 23.0 Å². The monoisotopic (exact) mass is 665 g/mol. The molecule has 4 aromatic rings. The van der Waals surface area contributed by atoms with Gasteiger partial charge in [0.1, 0.15) is 25.9 Å². The van der Waals surface area contributed by atoms with Crippen molar-refractivity contribution in [3.8, 4) is 23.0 Å². The average molecular weight is 666 g/mol. The summed E-state index contributed by atoms with van der Waals surface area (Å²) < 4.78 is 51.7. The Morgan fingerprint density at radius 2 is 1.32 bits per heavy atom. The maximum absolute atomic E-state index is 12.2. The van der Waals surface area contributed by atoms with Crippen LogP contribution in [0.15, 0.2) is 95.9 Å². The normalized spacial score (nSPS) is 16.4. The van der Waals surface area contributed by atoms with E-state index in [9.17, 15) is 28.6 Å². The number of non-ortho nitro benzene ring substituents is 2. The van der Waals surface area contributed by atoms with Gasteiger partial charge < -0.3 is 24.3 Å². The summed E-state index contributed by atoms with van der Waals surface area (Å²) in [5, 5.41) is 24.9. The van der Waals surface area contributed by atoms with E-state index in [1.54, 1.807) is 18.2 Å². The summed E-state index contributed by atoms with van der Waals surface area (Å²) in [5.41, 5.74) is 1.98. The van der Waals surface area contributed by atoms with Gasteiger partial charge in [-0.2, -0.15) is 8.42 Å². The van der Waals surface area contributed by atoms with Crippen LogP contribution in [-0.2, 0) is 20.8 Å². The Bertz CT molecular complexity index is 1820. The molecule has 0 unspecified atom stereocenters. The molecule has 6 rings (SSSR count). The number of nitrogens with zero attached hydrogens (tertiary/aromatic N) is 2. The summed E-state index contributed by atoms with van der Waals surface area (Å²) in [6.07, 6.45) is -0.868. The zero-order valence-electron chi connectivity index (χ0n) is 25.1. The number of fused-ring (bicyclic) bond motifs is 2. The van der Waals surface area contributed by atoms with E-state index in [-0.39, 0.29) is 41.3 Å². The van der Waals surface area contributed by atoms with Crippen LogP contribution in [-0.4, -0.2) is 56.8 Å². The van der Waals surface area contributed by atoms with Crippen molar-refractivity contribution in [3.05, 3.63) is 122 Å². The van der Waals surface area contributed by atoms with Gasteiger partial charge >= 0.3 is 0 Å². The Morgan fingerprint density at radius 1 is 0.766 bits per heavy atom. The van der Waals surface area contributed by atoms with Crippen LogP contribution in [0.2, 0.25) is 0 Å². The minimum atomic E-state index is -3.92. The molecular formula is C32H31N3O11S. The minimum absolute atomic E-state index is 0.000227. The van der Waals surface area contributed by atoms with Crippen LogP contribution in [0, 0.1) is 27.2 Å². The van der Waals surface area contributed by atoms with Gasteiger partial charge in [-0.15, -0.1) is 0 Å². The molecule has 0 saturated carbocycles. The molecule has 4 aromatic carbocycles. The molecule has 0 spiro atoms. The number of hydrogen-bond donors (Lipinski definition) is 1. The fraction of sp³-hybridized carbons (Fsp3) is 0.250. The van der Waals surface area contributed by atoms with Gasteiger partial charge in [-0.1, -0.05) is 48.0 Å². The van der Waals surface area contributed by atoms with Gasteiger partial charge in [0.05, 0.1) is 26.9 Å². The van der Waals surface area contributed by atoms with Crippen LogP contribution in [0.4, 0.5) is 11.4 Å². The second-order valence-electron chi connectivity index (χ2n) is 10.5. The topological polar surface area (TPSA) is 179 Å². The number of nitro groups is 2. The summed E-state index contributed by atoms with van der Waals surface area (Å²) in [5.74, 6) is 1.52. The van der Waals surface area contributed by atoms with Crippen molar-refractivity contribution >= 4 is 21.5 Å². The predicted octanol–water partition coefficient (Wildman–Crippen LogP) is 4.97. The van der Waals surface area contributed by atoms with Gasteiger partial charge in [0.2, 0.25) is 0 Å². The number of ether oxygens (including phenoxy) is 4. The standard InChI is InChI=1S/C16H16N2O4.C16H15NO7S/c19-18(20)13-6-7-15-16(8-13)22-14(11-21-15)10-17-9-12-4-2-1-3-5-12;1-11-2-5-14(6-3-11)25(20,21)23-10-13-9-22-15-7-4-12(17(18)19)8-16(15)24-13/h1-8,14,17H,9-11H2;2-8,13H,9-10H2,1H3/t14-;13-/m01/s1. The van der Waals surface area contributed by atoms with Crippen molar-refractivity contribution in [2.45, 2.75) is 30.6 Å². The third-order valence-electron chi connectivity index (χ3n) is 6.98. The molecule has 0 amide bonds. The number of benzene rings is 4. The summed E-state index contributed by atoms with van der Waals surface area (Å²) in [4.78, 5) is 20.7. The van der Waals surface area contributed by atoms with E-state index < -0.39 is 26.1 Å². The summed E-state index contributed by atoms with van der Waals surface area (Å²) >= 11 is 0. The van der Waals surface area contributed by atoms with E-state index in [0.29, 0.717) is 30.4 Å². The second-order valence-corrected chi connectivity index (χ2v) is 12.2. The molecule has 0 radical (unpaired) electrons. The van der Waals surface area contributed by atoms with Crippen molar-refractivity contribution in [1.82, 2.24) is 5.32 Å². The van der Waals surface area contributed by atoms with Crippen LogP contribution in [0.3, 0.4) is 0 Å². The quantitative estimate of drug-likeness (QED) is 0.137. The summed E-state index contributed by atoms with van der Waals surface area (Å²) in [7, 11) is -3.92. The van der Waals surface area contributed by atoms with E-state index in [0.717, 1.165) is 12.1 Å². The number of nitrogens with one attached hydrogen (secondary N) is 1. The molecule has 15 heteroatoms. The molecule has 0 aliphatic carbocycles. The Kier molecular flexibility index (Phi) is 10.5. The molecule has 0 bridgehead atoms. The average Bonchev–Trinajstić information content (AvgIpc) is 3.07. The molecule has 1 N–H and O–H groups in total. The lowest BCUT2D eigenvalue weighted by molar-refractivity contribution is -0.385. The van der Waals surface area contributed by atoms with Crippen molar-refractivity contribution in [2.24, 2.45) is 0 Å². The first-order valence-corrected chi connectivity index (χ1v) is 15.8. The molecule has 2 aliphatic heterocycles. The van der Waals surface area contributed by atoms with Gasteiger partial charge in [-0.3, -0.25) is 24.4 Å². The van der Waals surface area contributed by atoms with Gasteiger partial charge in [-0.05, 0) is 36.8 Å². The van der Waals surface area contributed by atoms with Crippen molar-refractivity contribution in [1.29, 1.82) is 0 Å². The Balaban J connectivity index is 0.000000186. The van der Waals surface area contributed by atoms with Gasteiger partial charge in [-0.25, -0.2) is 0 Å².